The van der Waals surface area contributed by atoms with Crippen molar-refractivity contribution in [1.29, 1.82) is 0 Å². The number of hydrogen-bond acceptors (Lipinski definition) is 2. The Labute approximate surface area is 140 Å². The molecule has 1 aromatic heterocycles. The van der Waals surface area contributed by atoms with Crippen LogP contribution >= 0.6 is 0 Å². The number of aryl methyl sites for hydroxylation is 1. The summed E-state index contributed by atoms with van der Waals surface area (Å²) in [5.74, 6) is 0.388. The second-order valence-electron chi connectivity index (χ2n) is 6.46. The molecule has 2 heterocycles. The molecule has 24 heavy (non-hydrogen) atoms. The number of piperidine rings is 1. The van der Waals surface area contributed by atoms with Crippen molar-refractivity contribution < 1.29 is 13.2 Å². The number of halogens is 3. The number of hydrogen-bond donors (Lipinski definition) is 1. The number of aromatic nitrogens is 1. The number of benzene rings is 1. The van der Waals surface area contributed by atoms with Crippen LogP contribution in [0.3, 0.4) is 0 Å². The number of nitrogens with zero attached hydrogens (tertiary/aromatic N) is 1. The summed E-state index contributed by atoms with van der Waals surface area (Å²) in [5, 5.41) is 3.38. The van der Waals surface area contributed by atoms with Gasteiger partial charge >= 0.3 is 6.18 Å². The zero-order chi connectivity index (χ0) is 17.2. The third kappa shape index (κ3) is 4.15. The van der Waals surface area contributed by atoms with Gasteiger partial charge in [-0.1, -0.05) is 18.2 Å². The van der Waals surface area contributed by atoms with Gasteiger partial charge in [-0.15, -0.1) is 0 Å². The Hall–Kier alpha value is -1.88. The zero-order valence-corrected chi connectivity index (χ0v) is 13.7. The second kappa shape index (κ2) is 6.93. The fourth-order valence-electron chi connectivity index (χ4n) is 3.28. The predicted octanol–water partition coefficient (Wildman–Crippen LogP) is 4.47. The van der Waals surface area contributed by atoms with Gasteiger partial charge in [0.05, 0.1) is 5.56 Å². The van der Waals surface area contributed by atoms with Gasteiger partial charge < -0.3 is 5.32 Å². The third-order valence-corrected chi connectivity index (χ3v) is 4.41. The Morgan fingerprint density at radius 2 is 2.00 bits per heavy atom. The number of nitrogens with one attached hydrogen (secondary N) is 1. The molecule has 0 amide bonds. The molecule has 1 N–H and O–H groups in total. The van der Waals surface area contributed by atoms with Gasteiger partial charge in [-0.25, -0.2) is 0 Å². The number of pyridine rings is 1. The summed E-state index contributed by atoms with van der Waals surface area (Å²) in [7, 11) is 0. The van der Waals surface area contributed by atoms with Crippen LogP contribution in [-0.4, -0.2) is 18.1 Å². The molecule has 3 rings (SSSR count). The highest BCUT2D eigenvalue weighted by Crippen LogP contribution is 2.30. The summed E-state index contributed by atoms with van der Waals surface area (Å²) >= 11 is 0. The minimum absolute atomic E-state index is 0.388. The van der Waals surface area contributed by atoms with Crippen molar-refractivity contribution in [3.63, 3.8) is 0 Å². The smallest absolute Gasteiger partial charge is 0.316 e. The zero-order valence-electron chi connectivity index (χ0n) is 13.7. The largest absolute Gasteiger partial charge is 0.416 e. The maximum Gasteiger partial charge on any atom is 0.416 e. The van der Waals surface area contributed by atoms with E-state index in [0.717, 1.165) is 48.9 Å². The Morgan fingerprint density at radius 1 is 1.17 bits per heavy atom. The average molecular weight is 334 g/mol. The molecular formula is C19H21F3N2. The lowest BCUT2D eigenvalue weighted by atomic mass is 9.93. The molecule has 0 unspecified atom stereocenters. The molecule has 5 heteroatoms. The molecule has 1 saturated heterocycles. The van der Waals surface area contributed by atoms with Crippen LogP contribution in [0, 0.1) is 6.92 Å². The molecule has 1 aliphatic rings. The van der Waals surface area contributed by atoms with E-state index in [1.807, 2.05) is 19.1 Å². The third-order valence-electron chi connectivity index (χ3n) is 4.41. The molecule has 2 nitrogen and oxygen atoms in total. The highest BCUT2D eigenvalue weighted by atomic mass is 19.4. The molecule has 0 aliphatic carbocycles. The molecule has 2 aromatic rings. The van der Waals surface area contributed by atoms with Crippen molar-refractivity contribution in [2.24, 2.45) is 0 Å². The van der Waals surface area contributed by atoms with Crippen LogP contribution in [0.2, 0.25) is 0 Å². The first-order valence-electron chi connectivity index (χ1n) is 8.26. The normalized spacial score (nSPS) is 18.6. The monoisotopic (exact) mass is 334 g/mol. The van der Waals surface area contributed by atoms with Gasteiger partial charge in [0.15, 0.2) is 0 Å². The summed E-state index contributed by atoms with van der Waals surface area (Å²) in [5.41, 5.74) is 3.05. The SMILES string of the molecule is Cc1cc(Cc2cccc(C(F)(F)F)c2)cc([C@H]2CCCNC2)n1. The lowest BCUT2D eigenvalue weighted by Crippen LogP contribution is -2.29. The van der Waals surface area contributed by atoms with Gasteiger partial charge in [0.25, 0.3) is 0 Å². The van der Waals surface area contributed by atoms with E-state index in [0.29, 0.717) is 17.9 Å². The van der Waals surface area contributed by atoms with Crippen LogP contribution < -0.4 is 5.32 Å². The average Bonchev–Trinajstić information content (AvgIpc) is 2.54. The minimum atomic E-state index is -4.30. The second-order valence-corrected chi connectivity index (χ2v) is 6.46. The Bertz CT molecular complexity index is 704. The first kappa shape index (κ1) is 17.0. The van der Waals surface area contributed by atoms with Crippen LogP contribution in [0.1, 0.15) is 46.8 Å². The van der Waals surface area contributed by atoms with E-state index in [4.69, 9.17) is 0 Å². The highest BCUT2D eigenvalue weighted by Gasteiger charge is 2.30. The summed E-state index contributed by atoms with van der Waals surface area (Å²) in [6.07, 6.45) is -1.58. The molecule has 1 aromatic carbocycles. The van der Waals surface area contributed by atoms with E-state index in [-0.39, 0.29) is 0 Å². The molecule has 0 bridgehead atoms. The predicted molar refractivity (Wildman–Crippen MR) is 88.1 cm³/mol. The van der Waals surface area contributed by atoms with Crippen LogP contribution in [0.4, 0.5) is 13.2 Å². The summed E-state index contributed by atoms with van der Waals surface area (Å²) in [6.45, 7) is 3.90. The van der Waals surface area contributed by atoms with E-state index >= 15 is 0 Å². The van der Waals surface area contributed by atoms with Crippen molar-refractivity contribution in [1.82, 2.24) is 10.3 Å². The Balaban J connectivity index is 1.83. The fourth-order valence-corrected chi connectivity index (χ4v) is 3.28. The highest BCUT2D eigenvalue weighted by molar-refractivity contribution is 5.33. The maximum atomic E-state index is 12.9. The molecular weight excluding hydrogens is 313 g/mol. The first-order chi connectivity index (χ1) is 11.4. The van der Waals surface area contributed by atoms with Crippen LogP contribution in [-0.2, 0) is 12.6 Å². The van der Waals surface area contributed by atoms with Crippen molar-refractivity contribution in [2.75, 3.05) is 13.1 Å². The maximum absolute atomic E-state index is 12.9. The lowest BCUT2D eigenvalue weighted by Gasteiger charge is -2.23. The van der Waals surface area contributed by atoms with E-state index in [9.17, 15) is 13.2 Å². The molecule has 0 saturated carbocycles. The lowest BCUT2D eigenvalue weighted by molar-refractivity contribution is -0.137. The van der Waals surface area contributed by atoms with E-state index in [2.05, 4.69) is 10.3 Å². The van der Waals surface area contributed by atoms with E-state index in [1.165, 1.54) is 12.1 Å². The number of alkyl halides is 3. The standard InChI is InChI=1S/C19H21F3N2/c1-13-8-15(11-18(24-13)16-5-3-7-23-12-16)9-14-4-2-6-17(10-14)19(20,21)22/h2,4,6,8,10-11,16,23H,3,5,7,9,12H2,1H3/t16-/m0/s1. The van der Waals surface area contributed by atoms with E-state index < -0.39 is 11.7 Å². The number of rotatable bonds is 3. The van der Waals surface area contributed by atoms with Crippen LogP contribution in [0.15, 0.2) is 36.4 Å². The van der Waals surface area contributed by atoms with Gasteiger partial charge in [-0.2, -0.15) is 13.2 Å². The quantitative estimate of drug-likeness (QED) is 0.896. The topological polar surface area (TPSA) is 24.9 Å². The first-order valence-corrected chi connectivity index (χ1v) is 8.26. The summed E-state index contributed by atoms with van der Waals surface area (Å²) in [4.78, 5) is 4.64. The Morgan fingerprint density at radius 3 is 2.71 bits per heavy atom. The fraction of sp³-hybridized carbons (Fsp3) is 0.421. The molecule has 128 valence electrons. The van der Waals surface area contributed by atoms with Crippen LogP contribution in [0.25, 0.3) is 0 Å². The Kier molecular flexibility index (Phi) is 4.90. The van der Waals surface area contributed by atoms with Gasteiger partial charge in [-0.3, -0.25) is 4.98 Å². The summed E-state index contributed by atoms with van der Waals surface area (Å²) < 4.78 is 38.6. The molecule has 1 atom stereocenters. The molecule has 0 radical (unpaired) electrons. The van der Waals surface area contributed by atoms with Crippen molar-refractivity contribution in [2.45, 2.75) is 38.3 Å². The van der Waals surface area contributed by atoms with Crippen molar-refractivity contribution >= 4 is 0 Å². The summed E-state index contributed by atoms with van der Waals surface area (Å²) in [6, 6.07) is 9.56. The molecule has 1 fully saturated rings. The van der Waals surface area contributed by atoms with Gasteiger partial charge in [-0.05, 0) is 62.1 Å². The van der Waals surface area contributed by atoms with E-state index in [1.54, 1.807) is 6.07 Å². The molecule has 1 aliphatic heterocycles. The van der Waals surface area contributed by atoms with Crippen molar-refractivity contribution in [3.8, 4) is 0 Å². The molecule has 0 spiro atoms. The van der Waals surface area contributed by atoms with Crippen LogP contribution in [0.5, 0.6) is 0 Å². The van der Waals surface area contributed by atoms with Gasteiger partial charge in [0.1, 0.15) is 0 Å². The van der Waals surface area contributed by atoms with Crippen molar-refractivity contribution in [3.05, 3.63) is 64.5 Å². The van der Waals surface area contributed by atoms with Gasteiger partial charge in [0, 0.05) is 23.9 Å². The van der Waals surface area contributed by atoms with Gasteiger partial charge in [0.2, 0.25) is 0 Å². The minimum Gasteiger partial charge on any atom is -0.316 e.